The van der Waals surface area contributed by atoms with Crippen LogP contribution in [-0.4, -0.2) is 22.9 Å². The van der Waals surface area contributed by atoms with E-state index in [4.69, 9.17) is 0 Å². The zero-order chi connectivity index (χ0) is 14.7. The molecule has 114 valence electrons. The Balaban J connectivity index is 2.21. The van der Waals surface area contributed by atoms with Crippen LogP contribution in [0.1, 0.15) is 51.6 Å². The predicted molar refractivity (Wildman–Crippen MR) is 87.9 cm³/mol. The molecule has 0 aromatic carbocycles. The summed E-state index contributed by atoms with van der Waals surface area (Å²) in [4.78, 5) is 0. The molecule has 0 radical (unpaired) electrons. The van der Waals surface area contributed by atoms with E-state index in [1.54, 1.807) is 0 Å². The summed E-state index contributed by atoms with van der Waals surface area (Å²) in [5.74, 6) is 2.98. The Morgan fingerprint density at radius 3 is 2.75 bits per heavy atom. The van der Waals surface area contributed by atoms with Crippen LogP contribution < -0.4 is 5.32 Å². The third kappa shape index (κ3) is 3.45. The number of nitrogens with zero attached hydrogens (tertiary/aromatic N) is 2. The van der Waals surface area contributed by atoms with Crippen LogP contribution in [0.2, 0.25) is 0 Å². The molecule has 0 saturated heterocycles. The summed E-state index contributed by atoms with van der Waals surface area (Å²) in [5.41, 5.74) is 1.39. The number of aryl methyl sites for hydroxylation is 1. The van der Waals surface area contributed by atoms with Crippen LogP contribution in [0.4, 0.5) is 0 Å². The molecule has 0 amide bonds. The summed E-state index contributed by atoms with van der Waals surface area (Å²) < 4.78 is 3.24. The van der Waals surface area contributed by atoms with Gasteiger partial charge in [0.25, 0.3) is 0 Å². The van der Waals surface area contributed by atoms with Gasteiger partial charge >= 0.3 is 0 Å². The van der Waals surface area contributed by atoms with E-state index in [2.05, 4.69) is 58.8 Å². The summed E-state index contributed by atoms with van der Waals surface area (Å²) >= 11 is 3.70. The molecule has 1 aliphatic rings. The van der Waals surface area contributed by atoms with E-state index in [1.165, 1.54) is 29.4 Å². The smallest absolute Gasteiger partial charge is 0.0635 e. The Hall–Kier alpha value is -0.350. The van der Waals surface area contributed by atoms with Crippen LogP contribution in [0.5, 0.6) is 0 Å². The molecular weight excluding hydrogens is 314 g/mol. The molecule has 1 heterocycles. The Morgan fingerprint density at radius 2 is 2.20 bits per heavy atom. The summed E-state index contributed by atoms with van der Waals surface area (Å²) in [6.07, 6.45) is 5.95. The van der Waals surface area contributed by atoms with Crippen molar-refractivity contribution in [3.8, 4) is 0 Å². The fraction of sp³-hybridized carbons (Fsp3) is 0.812. The van der Waals surface area contributed by atoms with Gasteiger partial charge < -0.3 is 5.32 Å². The average Bonchev–Trinajstić information content (AvgIpc) is 2.75. The van der Waals surface area contributed by atoms with Crippen LogP contribution in [0.25, 0.3) is 0 Å². The minimum atomic E-state index is 0.622. The zero-order valence-corrected chi connectivity index (χ0v) is 14.8. The molecular formula is C16H28BrN3. The first kappa shape index (κ1) is 16.0. The molecule has 1 aromatic rings. The molecule has 3 nitrogen and oxygen atoms in total. The molecule has 1 N–H and O–H groups in total. The number of aromatic nitrogens is 2. The lowest BCUT2D eigenvalue weighted by molar-refractivity contribution is 0.185. The van der Waals surface area contributed by atoms with E-state index >= 15 is 0 Å². The highest BCUT2D eigenvalue weighted by Crippen LogP contribution is 2.44. The lowest BCUT2D eigenvalue weighted by Crippen LogP contribution is -2.34. The first-order chi connectivity index (χ1) is 9.54. The fourth-order valence-electron chi connectivity index (χ4n) is 3.62. The van der Waals surface area contributed by atoms with Crippen molar-refractivity contribution in [1.82, 2.24) is 15.1 Å². The molecule has 2 rings (SSSR count). The lowest BCUT2D eigenvalue weighted by Gasteiger charge is -2.38. The van der Waals surface area contributed by atoms with E-state index in [0.29, 0.717) is 5.92 Å². The van der Waals surface area contributed by atoms with E-state index in [0.717, 1.165) is 30.8 Å². The van der Waals surface area contributed by atoms with Gasteiger partial charge in [0, 0.05) is 13.0 Å². The topological polar surface area (TPSA) is 29.9 Å². The van der Waals surface area contributed by atoms with Crippen molar-refractivity contribution in [1.29, 1.82) is 0 Å². The number of hydrogen-bond acceptors (Lipinski definition) is 2. The number of hydrogen-bond donors (Lipinski definition) is 1. The summed E-state index contributed by atoms with van der Waals surface area (Å²) in [6.45, 7) is 9.11. The van der Waals surface area contributed by atoms with Crippen molar-refractivity contribution in [3.63, 3.8) is 0 Å². The summed E-state index contributed by atoms with van der Waals surface area (Å²) in [5, 5.41) is 7.97. The van der Waals surface area contributed by atoms with Gasteiger partial charge in [-0.3, -0.25) is 4.68 Å². The maximum atomic E-state index is 4.43. The highest BCUT2D eigenvalue weighted by molar-refractivity contribution is 9.10. The second-order valence-corrected chi connectivity index (χ2v) is 7.35. The van der Waals surface area contributed by atoms with Gasteiger partial charge in [0.15, 0.2) is 0 Å². The fourth-order valence-corrected chi connectivity index (χ4v) is 4.26. The van der Waals surface area contributed by atoms with Crippen molar-refractivity contribution in [3.05, 3.63) is 16.4 Å². The Bertz CT molecular complexity index is 408. The number of nitrogens with one attached hydrogen (secondary N) is 1. The maximum absolute atomic E-state index is 4.43. The van der Waals surface area contributed by atoms with E-state index in [9.17, 15) is 0 Å². The highest BCUT2D eigenvalue weighted by Gasteiger charge is 2.35. The Morgan fingerprint density at radius 1 is 1.45 bits per heavy atom. The summed E-state index contributed by atoms with van der Waals surface area (Å²) in [6, 6.07) is 0. The molecule has 0 aliphatic heterocycles. The minimum absolute atomic E-state index is 0.622. The maximum Gasteiger partial charge on any atom is 0.0635 e. The largest absolute Gasteiger partial charge is 0.317 e. The van der Waals surface area contributed by atoms with Crippen molar-refractivity contribution in [2.45, 2.75) is 46.0 Å². The van der Waals surface area contributed by atoms with Crippen molar-refractivity contribution >= 4 is 15.9 Å². The third-order valence-corrected chi connectivity index (χ3v) is 5.53. The molecule has 1 fully saturated rings. The normalized spacial score (nSPS) is 27.2. The molecule has 3 unspecified atom stereocenters. The molecule has 3 atom stereocenters. The van der Waals surface area contributed by atoms with Gasteiger partial charge in [0.05, 0.1) is 16.4 Å². The lowest BCUT2D eigenvalue weighted by atomic mass is 9.69. The molecule has 0 bridgehead atoms. The molecule has 4 heteroatoms. The van der Waals surface area contributed by atoms with Gasteiger partial charge in [-0.2, -0.15) is 5.10 Å². The van der Waals surface area contributed by atoms with Gasteiger partial charge in [-0.1, -0.05) is 20.8 Å². The SMILES string of the molecule is CCNCC1CCC(C(C)C)CC1c1c(Br)cnn1C. The predicted octanol–water partition coefficient (Wildman–Crippen LogP) is 3.95. The van der Waals surface area contributed by atoms with Gasteiger partial charge in [-0.05, 0) is 66.0 Å². The van der Waals surface area contributed by atoms with Crippen LogP contribution in [0.15, 0.2) is 10.7 Å². The van der Waals surface area contributed by atoms with Gasteiger partial charge in [-0.25, -0.2) is 0 Å². The van der Waals surface area contributed by atoms with Crippen molar-refractivity contribution in [2.75, 3.05) is 13.1 Å². The molecule has 1 saturated carbocycles. The minimum Gasteiger partial charge on any atom is -0.317 e. The Kier molecular flexibility index (Phi) is 5.67. The van der Waals surface area contributed by atoms with Gasteiger partial charge in [-0.15, -0.1) is 0 Å². The third-order valence-electron chi connectivity index (χ3n) is 4.92. The first-order valence-corrected chi connectivity index (χ1v) is 8.72. The van der Waals surface area contributed by atoms with Crippen LogP contribution >= 0.6 is 15.9 Å². The van der Waals surface area contributed by atoms with Crippen molar-refractivity contribution in [2.24, 2.45) is 24.8 Å². The van der Waals surface area contributed by atoms with Gasteiger partial charge in [0.2, 0.25) is 0 Å². The van der Waals surface area contributed by atoms with Gasteiger partial charge in [0.1, 0.15) is 0 Å². The molecule has 1 aromatic heterocycles. The van der Waals surface area contributed by atoms with Crippen molar-refractivity contribution < 1.29 is 0 Å². The Labute approximate surface area is 131 Å². The summed E-state index contributed by atoms with van der Waals surface area (Å²) in [7, 11) is 2.07. The van der Waals surface area contributed by atoms with E-state index in [-0.39, 0.29) is 0 Å². The number of rotatable bonds is 5. The highest BCUT2D eigenvalue weighted by atomic mass is 79.9. The molecule has 0 spiro atoms. The van der Waals surface area contributed by atoms with Crippen LogP contribution in [0, 0.1) is 17.8 Å². The quantitative estimate of drug-likeness (QED) is 0.878. The van der Waals surface area contributed by atoms with Crippen LogP contribution in [-0.2, 0) is 7.05 Å². The second kappa shape index (κ2) is 7.08. The molecule has 20 heavy (non-hydrogen) atoms. The molecule has 1 aliphatic carbocycles. The zero-order valence-electron chi connectivity index (χ0n) is 13.2. The monoisotopic (exact) mass is 341 g/mol. The van der Waals surface area contributed by atoms with Crippen LogP contribution in [0.3, 0.4) is 0 Å². The first-order valence-electron chi connectivity index (χ1n) is 7.92. The van der Waals surface area contributed by atoms with E-state index in [1.807, 2.05) is 6.20 Å². The average molecular weight is 342 g/mol. The van der Waals surface area contributed by atoms with E-state index < -0.39 is 0 Å². The number of halogens is 1. The second-order valence-electron chi connectivity index (χ2n) is 6.49. The standard InChI is InChI=1S/C16H28BrN3/c1-5-18-9-13-7-6-12(11(2)3)8-14(13)16-15(17)10-19-20(16)4/h10-14,18H,5-9H2,1-4H3.